The van der Waals surface area contributed by atoms with E-state index in [9.17, 15) is 43.2 Å². The van der Waals surface area contributed by atoms with Crippen molar-refractivity contribution in [1.82, 2.24) is 0 Å². The van der Waals surface area contributed by atoms with Gasteiger partial charge in [0.25, 0.3) is 0 Å². The molecule has 17 nitrogen and oxygen atoms in total. The minimum atomic E-state index is -4.96. The second-order valence-electron chi connectivity index (χ2n) is 24.8. The summed E-state index contributed by atoms with van der Waals surface area (Å²) in [6, 6.07) is 0. The Balaban J connectivity index is 5.29. The summed E-state index contributed by atoms with van der Waals surface area (Å²) < 4.78 is 68.2. The van der Waals surface area contributed by atoms with Gasteiger partial charge < -0.3 is 33.8 Å². The molecule has 0 saturated heterocycles. The highest BCUT2D eigenvalue weighted by molar-refractivity contribution is 7.47. The van der Waals surface area contributed by atoms with Gasteiger partial charge in [0, 0.05) is 25.7 Å². The fourth-order valence-electron chi connectivity index (χ4n) is 10.1. The maximum atomic E-state index is 13.0. The second-order valence-corrected chi connectivity index (χ2v) is 27.7. The summed E-state index contributed by atoms with van der Waals surface area (Å²) >= 11 is 0. The van der Waals surface area contributed by atoms with Crippen molar-refractivity contribution in [3.8, 4) is 0 Å². The van der Waals surface area contributed by atoms with E-state index in [0.717, 1.165) is 115 Å². The highest BCUT2D eigenvalue weighted by atomic mass is 31.2. The predicted molar refractivity (Wildman–Crippen MR) is 358 cm³/mol. The smallest absolute Gasteiger partial charge is 0.462 e. The number of hydrogen-bond donors (Lipinski definition) is 3. The molecule has 524 valence electrons. The maximum absolute atomic E-state index is 13.0. The molecule has 0 radical (unpaired) electrons. The summed E-state index contributed by atoms with van der Waals surface area (Å²) in [5.41, 5.74) is 0. The second kappa shape index (κ2) is 63.0. The Bertz CT molecular complexity index is 1810. The Morgan fingerprint density at radius 3 is 0.955 bits per heavy atom. The highest BCUT2D eigenvalue weighted by Gasteiger charge is 2.30. The van der Waals surface area contributed by atoms with Gasteiger partial charge in [-0.3, -0.25) is 37.3 Å². The molecule has 3 unspecified atom stereocenters. The highest BCUT2D eigenvalue weighted by Crippen LogP contribution is 2.45. The SMILES string of the molecule is CCCCCC/C=C\C=C/CCCCCCCC(=O)O[C@H](COC(=O)CCCCCCCCCCCCCCC)COP(=O)(O)OC[C@@H](O)COP(=O)(O)OC[C@@H](COC(=O)CCCCCCCCC(C)CC)OC(=O)CCCCCCCCCCCCC. The van der Waals surface area contributed by atoms with Gasteiger partial charge in [-0.1, -0.05) is 284 Å². The van der Waals surface area contributed by atoms with Crippen molar-refractivity contribution in [2.24, 2.45) is 5.92 Å². The molecule has 0 heterocycles. The fourth-order valence-corrected chi connectivity index (χ4v) is 11.6. The maximum Gasteiger partial charge on any atom is 0.472 e. The van der Waals surface area contributed by atoms with Crippen molar-refractivity contribution < 1.29 is 80.2 Å². The van der Waals surface area contributed by atoms with Crippen LogP contribution in [0.5, 0.6) is 0 Å². The lowest BCUT2D eigenvalue weighted by molar-refractivity contribution is -0.161. The largest absolute Gasteiger partial charge is 0.472 e. The molecule has 0 saturated carbocycles. The van der Waals surface area contributed by atoms with E-state index in [1.807, 2.05) is 0 Å². The average molecular weight is 1310 g/mol. The molecule has 0 aromatic carbocycles. The number of carbonyl (C=O) groups is 4. The van der Waals surface area contributed by atoms with E-state index in [1.165, 1.54) is 141 Å². The summed E-state index contributed by atoms with van der Waals surface area (Å²) in [6.45, 7) is 7.13. The molecule has 0 aliphatic heterocycles. The first-order valence-corrected chi connectivity index (χ1v) is 39.0. The Morgan fingerprint density at radius 2 is 0.629 bits per heavy atom. The molecule has 0 aliphatic rings. The number of allylic oxidation sites excluding steroid dienone is 4. The summed E-state index contributed by atoms with van der Waals surface area (Å²) in [7, 11) is -9.91. The van der Waals surface area contributed by atoms with Gasteiger partial charge in [-0.05, 0) is 57.3 Å². The van der Waals surface area contributed by atoms with Crippen LogP contribution in [0.1, 0.15) is 336 Å². The van der Waals surface area contributed by atoms with E-state index in [2.05, 4.69) is 58.9 Å². The van der Waals surface area contributed by atoms with Gasteiger partial charge in [-0.2, -0.15) is 0 Å². The van der Waals surface area contributed by atoms with Crippen LogP contribution in [0.3, 0.4) is 0 Å². The van der Waals surface area contributed by atoms with E-state index >= 15 is 0 Å². The summed E-state index contributed by atoms with van der Waals surface area (Å²) in [5.74, 6) is -1.42. The molecule has 0 amide bonds. The quantitative estimate of drug-likeness (QED) is 0.0169. The van der Waals surface area contributed by atoms with Crippen LogP contribution >= 0.6 is 15.6 Å². The topological polar surface area (TPSA) is 237 Å². The van der Waals surface area contributed by atoms with E-state index in [0.29, 0.717) is 25.7 Å². The monoisotopic (exact) mass is 1310 g/mol. The third kappa shape index (κ3) is 62.7. The van der Waals surface area contributed by atoms with Gasteiger partial charge in [0.05, 0.1) is 26.4 Å². The van der Waals surface area contributed by atoms with Crippen LogP contribution in [0.2, 0.25) is 0 Å². The molecule has 0 aromatic rings. The minimum Gasteiger partial charge on any atom is -0.462 e. The molecule has 0 aromatic heterocycles. The van der Waals surface area contributed by atoms with Crippen molar-refractivity contribution >= 4 is 39.5 Å². The van der Waals surface area contributed by atoms with Crippen molar-refractivity contribution in [3.05, 3.63) is 24.3 Å². The molecule has 0 fully saturated rings. The van der Waals surface area contributed by atoms with Crippen LogP contribution in [0.25, 0.3) is 0 Å². The molecule has 19 heteroatoms. The first-order chi connectivity index (χ1) is 43.1. The molecule has 0 aliphatic carbocycles. The Hall–Kier alpha value is -2.46. The predicted octanol–water partition coefficient (Wildman–Crippen LogP) is 19.7. The number of phosphoric ester groups is 2. The average Bonchev–Trinajstić information content (AvgIpc) is 3.72. The van der Waals surface area contributed by atoms with Crippen molar-refractivity contribution in [3.63, 3.8) is 0 Å². The summed E-state index contributed by atoms with van der Waals surface area (Å²) in [4.78, 5) is 72.5. The van der Waals surface area contributed by atoms with E-state index < -0.39 is 97.5 Å². The Kier molecular flexibility index (Phi) is 61.2. The van der Waals surface area contributed by atoms with Crippen LogP contribution in [-0.4, -0.2) is 96.7 Å². The lowest BCUT2D eigenvalue weighted by atomic mass is 10.00. The van der Waals surface area contributed by atoms with Gasteiger partial charge in [0.15, 0.2) is 12.2 Å². The lowest BCUT2D eigenvalue weighted by Crippen LogP contribution is -2.30. The number of aliphatic hydroxyl groups is 1. The number of unbranched alkanes of at least 4 members (excludes halogenated alkanes) is 36. The van der Waals surface area contributed by atoms with E-state index in [4.69, 9.17) is 37.0 Å². The van der Waals surface area contributed by atoms with Gasteiger partial charge in [-0.15, -0.1) is 0 Å². The molecule has 6 atom stereocenters. The zero-order valence-corrected chi connectivity index (χ0v) is 58.8. The van der Waals surface area contributed by atoms with Crippen LogP contribution in [0.4, 0.5) is 0 Å². The zero-order valence-electron chi connectivity index (χ0n) is 57.0. The van der Waals surface area contributed by atoms with Crippen LogP contribution in [0, 0.1) is 5.92 Å². The first kappa shape index (κ1) is 86.5. The van der Waals surface area contributed by atoms with Crippen LogP contribution in [-0.2, 0) is 65.4 Å². The Morgan fingerprint density at radius 1 is 0.360 bits per heavy atom. The van der Waals surface area contributed by atoms with E-state index in [-0.39, 0.29) is 25.7 Å². The molecular formula is C70H132O17P2. The summed E-state index contributed by atoms with van der Waals surface area (Å²) in [6.07, 6.45) is 52.0. The van der Waals surface area contributed by atoms with Gasteiger partial charge in [-0.25, -0.2) is 9.13 Å². The normalized spacial score (nSPS) is 14.6. The molecule has 3 N–H and O–H groups in total. The van der Waals surface area contributed by atoms with E-state index in [1.54, 1.807) is 0 Å². The number of carbonyl (C=O) groups excluding carboxylic acids is 4. The molecule has 0 rings (SSSR count). The van der Waals surface area contributed by atoms with Gasteiger partial charge in [0.2, 0.25) is 0 Å². The number of aliphatic hydroxyl groups excluding tert-OH is 1. The number of phosphoric acid groups is 2. The number of hydrogen-bond acceptors (Lipinski definition) is 15. The first-order valence-electron chi connectivity index (χ1n) is 36.0. The van der Waals surface area contributed by atoms with Crippen molar-refractivity contribution in [2.75, 3.05) is 39.6 Å². The number of rotatable bonds is 68. The third-order valence-corrected chi connectivity index (χ3v) is 17.9. The fraction of sp³-hybridized carbons (Fsp3) is 0.886. The van der Waals surface area contributed by atoms with Crippen molar-refractivity contribution in [1.29, 1.82) is 0 Å². The zero-order chi connectivity index (χ0) is 65.6. The third-order valence-electron chi connectivity index (χ3n) is 16.0. The Labute approximate surface area is 542 Å². The van der Waals surface area contributed by atoms with Crippen molar-refractivity contribution in [2.45, 2.75) is 355 Å². The lowest BCUT2D eigenvalue weighted by Gasteiger charge is -2.21. The standard InChI is InChI=1S/C70H132O17P2/c1-6-10-13-16-19-22-25-27-28-30-33-36-39-46-51-56-70(75)86-65(59-80-67(72)53-48-43-37-34-32-29-26-23-20-17-14-11-7-2)61-84-88(76,77)82-57-64(71)58-83-89(78,79)85-62-66(60-81-68(73)54-49-44-41-40-42-47-52-63(5)9-4)87-69(74)55-50-45-38-35-31-24-21-18-15-12-8-3/h22,25,27-28,63-66,71H,6-21,23-24,26,29-62H2,1-5H3,(H,76,77)(H,78,79)/b25-22-,28-27-/t63?,64-,65-,66-/m1/s1. The number of ether oxygens (including phenoxy) is 4. The molecule has 89 heavy (non-hydrogen) atoms. The molecule has 0 spiro atoms. The summed E-state index contributed by atoms with van der Waals surface area (Å²) in [5, 5.41) is 10.6. The van der Waals surface area contributed by atoms with Gasteiger partial charge in [0.1, 0.15) is 19.3 Å². The van der Waals surface area contributed by atoms with Gasteiger partial charge >= 0.3 is 39.5 Å². The molecular weight excluding hydrogens is 1170 g/mol. The molecule has 0 bridgehead atoms. The number of esters is 4. The van der Waals surface area contributed by atoms with Crippen LogP contribution < -0.4 is 0 Å². The van der Waals surface area contributed by atoms with Crippen LogP contribution in [0.15, 0.2) is 24.3 Å². The minimum absolute atomic E-state index is 0.0854.